The molecule has 0 bridgehead atoms. The van der Waals surface area contributed by atoms with Crippen LogP contribution in [-0.2, 0) is 6.54 Å². The Kier molecular flexibility index (Phi) is 4.55. The first-order chi connectivity index (χ1) is 9.10. The molecule has 1 heterocycles. The van der Waals surface area contributed by atoms with Crippen LogP contribution in [0.4, 0.5) is 4.39 Å². The monoisotopic (exact) mass is 343 g/mol. The third-order valence-corrected chi connectivity index (χ3v) is 4.16. The number of hydrogen-bond acceptors (Lipinski definition) is 3. The van der Waals surface area contributed by atoms with Crippen molar-refractivity contribution >= 4 is 33.2 Å². The first-order valence-electron chi connectivity index (χ1n) is 5.45. The minimum Gasteiger partial charge on any atom is -0.494 e. The second kappa shape index (κ2) is 6.16. The van der Waals surface area contributed by atoms with Gasteiger partial charge in [0, 0.05) is 20.3 Å². The Morgan fingerprint density at radius 3 is 2.89 bits per heavy atom. The van der Waals surface area contributed by atoms with E-state index in [4.69, 9.17) is 4.74 Å². The lowest BCUT2D eigenvalue weighted by molar-refractivity contribution is 0.0951. The van der Waals surface area contributed by atoms with Gasteiger partial charge in [0.15, 0.2) is 11.6 Å². The molecule has 0 radical (unpaired) electrons. The molecule has 100 valence electrons. The van der Waals surface area contributed by atoms with E-state index in [-0.39, 0.29) is 11.7 Å². The first-order valence-corrected chi connectivity index (χ1v) is 7.12. The molecule has 19 heavy (non-hydrogen) atoms. The van der Waals surface area contributed by atoms with Gasteiger partial charge in [-0.1, -0.05) is 0 Å². The maximum absolute atomic E-state index is 13.2. The largest absolute Gasteiger partial charge is 0.494 e. The fourth-order valence-electron chi connectivity index (χ4n) is 1.52. The van der Waals surface area contributed by atoms with Gasteiger partial charge in [0.25, 0.3) is 5.91 Å². The van der Waals surface area contributed by atoms with E-state index >= 15 is 0 Å². The molecule has 0 fully saturated rings. The van der Waals surface area contributed by atoms with Crippen LogP contribution < -0.4 is 10.1 Å². The molecule has 1 amide bonds. The third kappa shape index (κ3) is 3.54. The van der Waals surface area contributed by atoms with Crippen molar-refractivity contribution < 1.29 is 13.9 Å². The zero-order valence-corrected chi connectivity index (χ0v) is 12.5. The second-order valence-electron chi connectivity index (χ2n) is 3.76. The lowest BCUT2D eigenvalue weighted by Gasteiger charge is -2.06. The van der Waals surface area contributed by atoms with Crippen LogP contribution in [0.5, 0.6) is 5.75 Å². The number of ether oxygens (including phenoxy) is 1. The Morgan fingerprint density at radius 1 is 1.47 bits per heavy atom. The first kappa shape index (κ1) is 14.0. The summed E-state index contributed by atoms with van der Waals surface area (Å²) in [5.74, 6) is -0.685. The summed E-state index contributed by atoms with van der Waals surface area (Å²) in [6, 6.07) is 5.97. The molecular formula is C13H11BrFNO2S. The molecule has 0 aliphatic carbocycles. The minimum atomic E-state index is -0.485. The predicted molar refractivity (Wildman–Crippen MR) is 76.1 cm³/mol. The van der Waals surface area contributed by atoms with Gasteiger partial charge >= 0.3 is 0 Å². The molecular weight excluding hydrogens is 333 g/mol. The maximum atomic E-state index is 13.2. The fraction of sp³-hybridized carbons (Fsp3) is 0.154. The molecule has 0 saturated carbocycles. The zero-order valence-electron chi connectivity index (χ0n) is 10.1. The Morgan fingerprint density at radius 2 is 2.26 bits per heavy atom. The van der Waals surface area contributed by atoms with Crippen LogP contribution in [0.15, 0.2) is 34.1 Å². The molecule has 1 aromatic heterocycles. The highest BCUT2D eigenvalue weighted by atomic mass is 79.9. The van der Waals surface area contributed by atoms with Gasteiger partial charge in [0.2, 0.25) is 0 Å². The Hall–Kier alpha value is -1.40. The molecule has 1 N–H and O–H groups in total. The van der Waals surface area contributed by atoms with E-state index in [0.717, 1.165) is 9.35 Å². The van der Waals surface area contributed by atoms with Gasteiger partial charge < -0.3 is 10.1 Å². The summed E-state index contributed by atoms with van der Waals surface area (Å²) in [4.78, 5) is 12.9. The topological polar surface area (TPSA) is 38.3 Å². The normalized spacial score (nSPS) is 10.3. The number of thiophene rings is 1. The Bertz CT molecular complexity index is 600. The average Bonchev–Trinajstić information content (AvgIpc) is 2.82. The van der Waals surface area contributed by atoms with E-state index in [1.54, 1.807) is 11.3 Å². The summed E-state index contributed by atoms with van der Waals surface area (Å²) in [5.41, 5.74) is 0.369. The molecule has 0 saturated heterocycles. The highest BCUT2D eigenvalue weighted by Gasteiger charge is 2.10. The van der Waals surface area contributed by atoms with E-state index in [0.29, 0.717) is 12.1 Å². The van der Waals surface area contributed by atoms with Crippen LogP contribution in [0.2, 0.25) is 0 Å². The number of rotatable bonds is 4. The van der Waals surface area contributed by atoms with Gasteiger partial charge in [-0.2, -0.15) is 0 Å². The molecule has 1 aromatic carbocycles. The van der Waals surface area contributed by atoms with Crippen molar-refractivity contribution in [1.29, 1.82) is 0 Å². The summed E-state index contributed by atoms with van der Waals surface area (Å²) in [6.07, 6.45) is 0. The lowest BCUT2D eigenvalue weighted by Crippen LogP contribution is -2.22. The summed E-state index contributed by atoms with van der Waals surface area (Å²) in [7, 11) is 1.36. The minimum absolute atomic E-state index is 0.0616. The standard InChI is InChI=1S/C13H11BrFNO2S/c1-18-12-4-8(2-3-11(12)15)13(17)16-6-10-5-9(14)7-19-10/h2-5,7H,6H2,1H3,(H,16,17). The summed E-state index contributed by atoms with van der Waals surface area (Å²) >= 11 is 4.90. The molecule has 0 aliphatic heterocycles. The highest BCUT2D eigenvalue weighted by molar-refractivity contribution is 9.10. The van der Waals surface area contributed by atoms with E-state index in [2.05, 4.69) is 21.2 Å². The lowest BCUT2D eigenvalue weighted by atomic mass is 10.2. The van der Waals surface area contributed by atoms with Gasteiger partial charge in [0.1, 0.15) is 0 Å². The SMILES string of the molecule is COc1cc(C(=O)NCc2cc(Br)cs2)ccc1F. The third-order valence-electron chi connectivity index (χ3n) is 2.46. The fourth-order valence-corrected chi connectivity index (χ4v) is 2.91. The molecule has 2 aromatic rings. The number of hydrogen-bond donors (Lipinski definition) is 1. The number of methoxy groups -OCH3 is 1. The van der Waals surface area contributed by atoms with Gasteiger partial charge in [-0.25, -0.2) is 4.39 Å². The number of benzene rings is 1. The van der Waals surface area contributed by atoms with Crippen LogP contribution in [-0.4, -0.2) is 13.0 Å². The van der Waals surface area contributed by atoms with Crippen molar-refractivity contribution in [3.05, 3.63) is 50.4 Å². The Labute approximate surface area is 122 Å². The smallest absolute Gasteiger partial charge is 0.251 e. The summed E-state index contributed by atoms with van der Waals surface area (Å²) < 4.78 is 19.1. The van der Waals surface area contributed by atoms with Crippen LogP contribution in [0.25, 0.3) is 0 Å². The average molecular weight is 344 g/mol. The van der Waals surface area contributed by atoms with Gasteiger partial charge in [-0.15, -0.1) is 11.3 Å². The number of carbonyl (C=O) groups is 1. The van der Waals surface area contributed by atoms with E-state index in [1.807, 2.05) is 11.4 Å². The maximum Gasteiger partial charge on any atom is 0.251 e. The van der Waals surface area contributed by atoms with Crippen molar-refractivity contribution in [2.75, 3.05) is 7.11 Å². The molecule has 0 unspecified atom stereocenters. The molecule has 6 heteroatoms. The van der Waals surface area contributed by atoms with Crippen molar-refractivity contribution in [3.8, 4) is 5.75 Å². The van der Waals surface area contributed by atoms with Crippen molar-refractivity contribution in [2.24, 2.45) is 0 Å². The van der Waals surface area contributed by atoms with Crippen molar-refractivity contribution in [3.63, 3.8) is 0 Å². The molecule has 2 rings (SSSR count). The van der Waals surface area contributed by atoms with E-state index < -0.39 is 5.82 Å². The number of carbonyl (C=O) groups excluding carboxylic acids is 1. The van der Waals surface area contributed by atoms with Gasteiger partial charge in [-0.05, 0) is 40.2 Å². The van der Waals surface area contributed by atoms with Crippen molar-refractivity contribution in [2.45, 2.75) is 6.54 Å². The predicted octanol–water partition coefficient (Wildman–Crippen LogP) is 3.59. The van der Waals surface area contributed by atoms with Crippen molar-refractivity contribution in [1.82, 2.24) is 5.32 Å². The van der Waals surface area contributed by atoms with Crippen LogP contribution in [0, 0.1) is 5.82 Å². The van der Waals surface area contributed by atoms with Crippen LogP contribution in [0.1, 0.15) is 15.2 Å². The Balaban J connectivity index is 2.03. The van der Waals surface area contributed by atoms with E-state index in [9.17, 15) is 9.18 Å². The molecule has 0 spiro atoms. The zero-order chi connectivity index (χ0) is 13.8. The van der Waals surface area contributed by atoms with E-state index in [1.165, 1.54) is 25.3 Å². The summed E-state index contributed by atoms with van der Waals surface area (Å²) in [5, 5.41) is 4.72. The quantitative estimate of drug-likeness (QED) is 0.921. The van der Waals surface area contributed by atoms with Gasteiger partial charge in [-0.3, -0.25) is 4.79 Å². The van der Waals surface area contributed by atoms with Gasteiger partial charge in [0.05, 0.1) is 13.7 Å². The molecule has 0 atom stereocenters. The second-order valence-corrected chi connectivity index (χ2v) is 5.67. The highest BCUT2D eigenvalue weighted by Crippen LogP contribution is 2.20. The number of amides is 1. The molecule has 0 aliphatic rings. The van der Waals surface area contributed by atoms with Crippen LogP contribution in [0.3, 0.4) is 0 Å². The van der Waals surface area contributed by atoms with Crippen LogP contribution >= 0.6 is 27.3 Å². The number of nitrogens with one attached hydrogen (secondary N) is 1. The molecule has 3 nitrogen and oxygen atoms in total. The summed E-state index contributed by atoms with van der Waals surface area (Å²) in [6.45, 7) is 0.439. The number of halogens is 2.